The number of nitrogens with one attached hydrogen (secondary N) is 1. The van der Waals surface area contributed by atoms with Crippen LogP contribution in [0.5, 0.6) is 0 Å². The van der Waals surface area contributed by atoms with Gasteiger partial charge in [0.2, 0.25) is 0 Å². The summed E-state index contributed by atoms with van der Waals surface area (Å²) in [5.74, 6) is 0.489. The van der Waals surface area contributed by atoms with Crippen LogP contribution >= 0.6 is 0 Å². The number of hydrogen-bond acceptors (Lipinski definition) is 2. The first-order valence-corrected chi connectivity index (χ1v) is 6.93. The molecule has 1 aromatic rings. The minimum absolute atomic E-state index is 0.396. The molecular formula is C15H27N3. The highest BCUT2D eigenvalue weighted by molar-refractivity contribution is 5.23. The van der Waals surface area contributed by atoms with Crippen molar-refractivity contribution in [1.29, 1.82) is 0 Å². The van der Waals surface area contributed by atoms with E-state index in [0.29, 0.717) is 22.8 Å². The SMILES string of the molecule is CC(C)c1nn(C)cc1CNC1C(C)(C)C1(C)C. The van der Waals surface area contributed by atoms with Crippen LogP contribution in [0.15, 0.2) is 6.20 Å². The van der Waals surface area contributed by atoms with E-state index in [9.17, 15) is 0 Å². The van der Waals surface area contributed by atoms with Crippen LogP contribution in [-0.2, 0) is 13.6 Å². The fraction of sp³-hybridized carbons (Fsp3) is 0.800. The van der Waals surface area contributed by atoms with Gasteiger partial charge in [0.15, 0.2) is 0 Å². The summed E-state index contributed by atoms with van der Waals surface area (Å²) in [5.41, 5.74) is 3.35. The Bertz CT molecular complexity index is 427. The molecule has 2 rings (SSSR count). The van der Waals surface area contributed by atoms with Crippen molar-refractivity contribution in [1.82, 2.24) is 15.1 Å². The molecule has 0 bridgehead atoms. The Morgan fingerprint density at radius 3 is 2.28 bits per heavy atom. The summed E-state index contributed by atoms with van der Waals surface area (Å²) in [6, 6.07) is 0.602. The second-order valence-electron chi connectivity index (χ2n) is 7.13. The zero-order chi connectivity index (χ0) is 13.7. The highest BCUT2D eigenvalue weighted by Crippen LogP contribution is 2.62. The molecule has 1 aliphatic rings. The van der Waals surface area contributed by atoms with Gasteiger partial charge in [-0.05, 0) is 16.7 Å². The van der Waals surface area contributed by atoms with E-state index in [1.54, 1.807) is 0 Å². The molecule has 3 heteroatoms. The fourth-order valence-electron chi connectivity index (χ4n) is 3.10. The van der Waals surface area contributed by atoms with E-state index in [4.69, 9.17) is 0 Å². The molecule has 0 spiro atoms. The molecular weight excluding hydrogens is 222 g/mol. The number of nitrogens with zero attached hydrogens (tertiary/aromatic N) is 2. The van der Waals surface area contributed by atoms with Gasteiger partial charge in [0, 0.05) is 31.4 Å². The van der Waals surface area contributed by atoms with Crippen LogP contribution < -0.4 is 5.32 Å². The first kappa shape index (κ1) is 13.6. The molecule has 1 fully saturated rings. The van der Waals surface area contributed by atoms with Crippen LogP contribution in [-0.4, -0.2) is 15.8 Å². The van der Waals surface area contributed by atoms with E-state index in [2.05, 4.69) is 58.2 Å². The van der Waals surface area contributed by atoms with Gasteiger partial charge in [0.25, 0.3) is 0 Å². The Balaban J connectivity index is 2.04. The van der Waals surface area contributed by atoms with Crippen molar-refractivity contribution in [2.24, 2.45) is 17.9 Å². The first-order valence-electron chi connectivity index (χ1n) is 6.93. The van der Waals surface area contributed by atoms with Gasteiger partial charge in [-0.1, -0.05) is 41.5 Å². The second kappa shape index (κ2) is 4.09. The molecule has 0 aromatic carbocycles. The zero-order valence-corrected chi connectivity index (χ0v) is 12.8. The van der Waals surface area contributed by atoms with Crippen molar-refractivity contribution in [2.45, 2.75) is 60.0 Å². The maximum Gasteiger partial charge on any atom is 0.0694 e. The highest BCUT2D eigenvalue weighted by atomic mass is 15.3. The Kier molecular flexibility index (Phi) is 3.09. The van der Waals surface area contributed by atoms with Crippen LogP contribution in [0.4, 0.5) is 0 Å². The summed E-state index contributed by atoms with van der Waals surface area (Å²) in [4.78, 5) is 0. The lowest BCUT2D eigenvalue weighted by molar-refractivity contribution is 0.457. The van der Waals surface area contributed by atoms with E-state index >= 15 is 0 Å². The lowest BCUT2D eigenvalue weighted by Gasteiger charge is -2.08. The predicted molar refractivity (Wildman–Crippen MR) is 75.5 cm³/mol. The minimum Gasteiger partial charge on any atom is -0.309 e. The normalized spacial score (nSPS) is 21.6. The van der Waals surface area contributed by atoms with Gasteiger partial charge >= 0.3 is 0 Å². The standard InChI is InChI=1S/C15H27N3/c1-10(2)12-11(9-18(7)17-12)8-16-13-14(3,4)15(13,5)6/h9-10,13,16H,8H2,1-7H3. The largest absolute Gasteiger partial charge is 0.309 e. The number of aryl methyl sites for hydroxylation is 1. The summed E-state index contributed by atoms with van der Waals surface area (Å²) in [7, 11) is 2.00. The maximum atomic E-state index is 4.56. The van der Waals surface area contributed by atoms with Crippen molar-refractivity contribution in [3.05, 3.63) is 17.5 Å². The van der Waals surface area contributed by atoms with Crippen molar-refractivity contribution in [3.63, 3.8) is 0 Å². The maximum absolute atomic E-state index is 4.56. The van der Waals surface area contributed by atoms with Gasteiger partial charge in [-0.3, -0.25) is 4.68 Å². The van der Waals surface area contributed by atoms with Crippen LogP contribution in [0.2, 0.25) is 0 Å². The zero-order valence-electron chi connectivity index (χ0n) is 12.8. The predicted octanol–water partition coefficient (Wildman–Crippen LogP) is 3.07. The van der Waals surface area contributed by atoms with Crippen molar-refractivity contribution in [2.75, 3.05) is 0 Å². The van der Waals surface area contributed by atoms with Gasteiger partial charge in [-0.15, -0.1) is 0 Å². The molecule has 0 unspecified atom stereocenters. The molecule has 0 atom stereocenters. The van der Waals surface area contributed by atoms with E-state index in [0.717, 1.165) is 6.54 Å². The first-order chi connectivity index (χ1) is 8.18. The summed E-state index contributed by atoms with van der Waals surface area (Å²) in [6.07, 6.45) is 2.14. The van der Waals surface area contributed by atoms with Gasteiger partial charge < -0.3 is 5.32 Å². The molecule has 1 N–H and O–H groups in total. The van der Waals surface area contributed by atoms with Gasteiger partial charge in [-0.25, -0.2) is 0 Å². The number of aromatic nitrogens is 2. The lowest BCUT2D eigenvalue weighted by Crippen LogP contribution is -2.22. The average Bonchev–Trinajstić information content (AvgIpc) is 2.57. The van der Waals surface area contributed by atoms with Crippen molar-refractivity contribution in [3.8, 4) is 0 Å². The van der Waals surface area contributed by atoms with Crippen molar-refractivity contribution >= 4 is 0 Å². The van der Waals surface area contributed by atoms with E-state index in [1.165, 1.54) is 11.3 Å². The van der Waals surface area contributed by atoms with Crippen LogP contribution in [0, 0.1) is 10.8 Å². The molecule has 0 radical (unpaired) electrons. The van der Waals surface area contributed by atoms with Crippen molar-refractivity contribution < 1.29 is 0 Å². The Morgan fingerprint density at radius 1 is 1.28 bits per heavy atom. The molecule has 0 amide bonds. The smallest absolute Gasteiger partial charge is 0.0694 e. The summed E-state index contributed by atoms with van der Waals surface area (Å²) in [5, 5.41) is 8.27. The van der Waals surface area contributed by atoms with E-state index in [1.807, 2.05) is 11.7 Å². The fourth-order valence-corrected chi connectivity index (χ4v) is 3.10. The van der Waals surface area contributed by atoms with E-state index in [-0.39, 0.29) is 0 Å². The van der Waals surface area contributed by atoms with Gasteiger partial charge in [0.05, 0.1) is 5.69 Å². The monoisotopic (exact) mass is 249 g/mol. The third-order valence-corrected chi connectivity index (χ3v) is 5.00. The number of hydrogen-bond donors (Lipinski definition) is 1. The summed E-state index contributed by atoms with van der Waals surface area (Å²) in [6.45, 7) is 14.7. The Morgan fingerprint density at radius 2 is 1.83 bits per heavy atom. The highest BCUT2D eigenvalue weighted by Gasteiger charge is 2.64. The topological polar surface area (TPSA) is 29.9 Å². The van der Waals surface area contributed by atoms with E-state index < -0.39 is 0 Å². The quantitative estimate of drug-likeness (QED) is 0.888. The van der Waals surface area contributed by atoms with Crippen LogP contribution in [0.1, 0.15) is 58.7 Å². The molecule has 102 valence electrons. The Hall–Kier alpha value is -0.830. The molecule has 3 nitrogen and oxygen atoms in total. The lowest BCUT2D eigenvalue weighted by atomic mass is 10.0. The molecule has 0 aliphatic heterocycles. The molecule has 18 heavy (non-hydrogen) atoms. The Labute approximate surface area is 111 Å². The molecule has 1 heterocycles. The van der Waals surface area contributed by atoms with Gasteiger partial charge in [0.1, 0.15) is 0 Å². The number of rotatable bonds is 4. The summed E-state index contributed by atoms with van der Waals surface area (Å²) >= 11 is 0. The van der Waals surface area contributed by atoms with Crippen LogP contribution in [0.25, 0.3) is 0 Å². The molecule has 1 aliphatic carbocycles. The molecule has 1 saturated carbocycles. The summed E-state index contributed by atoms with van der Waals surface area (Å²) < 4.78 is 1.93. The molecule has 1 aromatic heterocycles. The minimum atomic E-state index is 0.396. The third kappa shape index (κ3) is 1.99. The molecule has 0 saturated heterocycles. The van der Waals surface area contributed by atoms with Gasteiger partial charge in [-0.2, -0.15) is 5.10 Å². The average molecular weight is 249 g/mol. The second-order valence-corrected chi connectivity index (χ2v) is 7.13. The third-order valence-electron chi connectivity index (χ3n) is 5.00. The van der Waals surface area contributed by atoms with Crippen LogP contribution in [0.3, 0.4) is 0 Å².